The lowest BCUT2D eigenvalue weighted by Gasteiger charge is -2.22. The van der Waals surface area contributed by atoms with Gasteiger partial charge in [0.15, 0.2) is 0 Å². The molecule has 1 aromatic carbocycles. The Morgan fingerprint density at radius 1 is 1.33 bits per heavy atom. The zero-order valence-corrected chi connectivity index (χ0v) is 13.6. The number of amides is 1. The normalized spacial score (nSPS) is 13.4. The van der Waals surface area contributed by atoms with Crippen molar-refractivity contribution in [1.82, 2.24) is 14.9 Å². The summed E-state index contributed by atoms with van der Waals surface area (Å²) in [5.74, 6) is 0.973. The second-order valence-electron chi connectivity index (χ2n) is 6.56. The summed E-state index contributed by atoms with van der Waals surface area (Å²) in [4.78, 5) is 16.9. The van der Waals surface area contributed by atoms with Crippen LogP contribution in [0.4, 0.5) is 0 Å². The first-order chi connectivity index (χ1) is 9.84. The molecule has 0 bridgehead atoms. The molecule has 1 N–H and O–H groups in total. The molecule has 4 nitrogen and oxygen atoms in total. The van der Waals surface area contributed by atoms with Crippen molar-refractivity contribution in [1.29, 1.82) is 0 Å². The van der Waals surface area contributed by atoms with Crippen LogP contribution in [0, 0.1) is 5.41 Å². The number of carbonyl (C=O) groups excluding carboxylic acids is 1. The maximum absolute atomic E-state index is 12.2. The molecule has 0 saturated carbocycles. The van der Waals surface area contributed by atoms with Crippen molar-refractivity contribution < 1.29 is 4.79 Å². The number of hydrogen-bond donors (Lipinski definition) is 1. The average molecular weight is 287 g/mol. The molecular weight excluding hydrogens is 262 g/mol. The number of benzene rings is 1. The van der Waals surface area contributed by atoms with Gasteiger partial charge in [0.1, 0.15) is 5.82 Å². The lowest BCUT2D eigenvalue weighted by molar-refractivity contribution is -0.129. The van der Waals surface area contributed by atoms with Crippen molar-refractivity contribution in [3.05, 3.63) is 30.1 Å². The molecule has 2 rings (SSSR count). The van der Waals surface area contributed by atoms with E-state index in [4.69, 9.17) is 4.98 Å². The minimum Gasteiger partial charge on any atom is -0.346 e. The number of aromatic nitrogens is 2. The van der Waals surface area contributed by atoms with Gasteiger partial charge < -0.3 is 9.88 Å². The molecule has 0 aliphatic rings. The summed E-state index contributed by atoms with van der Waals surface area (Å²) in [5, 5.41) is 3.07. The van der Waals surface area contributed by atoms with Crippen LogP contribution < -0.4 is 5.32 Å². The third-order valence-corrected chi connectivity index (χ3v) is 3.55. The molecule has 1 amide bonds. The summed E-state index contributed by atoms with van der Waals surface area (Å²) in [6.07, 6.45) is 1.04. The standard InChI is InChI=1S/C17H25N3O/c1-6-11-20-14-10-8-7-9-13(14)19-15(20)12(2)18-16(21)17(3,4)5/h7-10,12H,6,11H2,1-5H3,(H,18,21)/t12-/m1/s1. The first-order valence-corrected chi connectivity index (χ1v) is 7.60. The zero-order valence-electron chi connectivity index (χ0n) is 13.6. The molecular formula is C17H25N3O. The van der Waals surface area contributed by atoms with Gasteiger partial charge in [0, 0.05) is 12.0 Å². The molecule has 0 fully saturated rings. The predicted octanol–water partition coefficient (Wildman–Crippen LogP) is 3.67. The third kappa shape index (κ3) is 3.26. The second kappa shape index (κ2) is 5.88. The average Bonchev–Trinajstić information content (AvgIpc) is 2.77. The van der Waals surface area contributed by atoms with E-state index >= 15 is 0 Å². The lowest BCUT2D eigenvalue weighted by Crippen LogP contribution is -2.37. The predicted molar refractivity (Wildman–Crippen MR) is 86.0 cm³/mol. The van der Waals surface area contributed by atoms with Crippen LogP contribution in [-0.2, 0) is 11.3 Å². The van der Waals surface area contributed by atoms with Crippen molar-refractivity contribution in [3.8, 4) is 0 Å². The molecule has 0 spiro atoms. The number of nitrogens with one attached hydrogen (secondary N) is 1. The molecule has 0 aliphatic heterocycles. The first-order valence-electron chi connectivity index (χ1n) is 7.60. The molecule has 0 saturated heterocycles. The Balaban J connectivity index is 2.36. The van der Waals surface area contributed by atoms with Crippen LogP contribution in [0.3, 0.4) is 0 Å². The summed E-state index contributed by atoms with van der Waals surface area (Å²) < 4.78 is 2.21. The van der Waals surface area contributed by atoms with E-state index in [1.54, 1.807) is 0 Å². The SMILES string of the molecule is CCCn1c([C@@H](C)NC(=O)C(C)(C)C)nc2ccccc21. The van der Waals surface area contributed by atoms with Crippen LogP contribution in [0.25, 0.3) is 11.0 Å². The van der Waals surface area contributed by atoms with Gasteiger partial charge in [-0.05, 0) is 25.5 Å². The van der Waals surface area contributed by atoms with Crippen LogP contribution in [0.5, 0.6) is 0 Å². The monoisotopic (exact) mass is 287 g/mol. The van der Waals surface area contributed by atoms with Gasteiger partial charge >= 0.3 is 0 Å². The maximum Gasteiger partial charge on any atom is 0.225 e. The highest BCUT2D eigenvalue weighted by Gasteiger charge is 2.25. The van der Waals surface area contributed by atoms with Gasteiger partial charge in [0.25, 0.3) is 0 Å². The second-order valence-corrected chi connectivity index (χ2v) is 6.56. The number of rotatable bonds is 4. The molecule has 0 radical (unpaired) electrons. The Bertz CT molecular complexity index is 637. The zero-order chi connectivity index (χ0) is 15.6. The molecule has 21 heavy (non-hydrogen) atoms. The largest absolute Gasteiger partial charge is 0.346 e. The van der Waals surface area contributed by atoms with Crippen molar-refractivity contribution in [2.24, 2.45) is 5.41 Å². The van der Waals surface area contributed by atoms with Crippen LogP contribution in [-0.4, -0.2) is 15.5 Å². The number of nitrogens with zero attached hydrogens (tertiary/aromatic N) is 2. The van der Waals surface area contributed by atoms with E-state index in [1.807, 2.05) is 45.9 Å². The summed E-state index contributed by atoms with van der Waals surface area (Å²) in [7, 11) is 0. The molecule has 114 valence electrons. The smallest absolute Gasteiger partial charge is 0.225 e. The van der Waals surface area contributed by atoms with Crippen molar-refractivity contribution in [3.63, 3.8) is 0 Å². The fourth-order valence-electron chi connectivity index (χ4n) is 2.36. The fourth-order valence-corrected chi connectivity index (χ4v) is 2.36. The number of imidazole rings is 1. The summed E-state index contributed by atoms with van der Waals surface area (Å²) in [6, 6.07) is 8.02. The molecule has 1 atom stereocenters. The van der Waals surface area contributed by atoms with Gasteiger partial charge in [-0.3, -0.25) is 4.79 Å². The Morgan fingerprint density at radius 2 is 2.00 bits per heavy atom. The Morgan fingerprint density at radius 3 is 2.62 bits per heavy atom. The number of fused-ring (bicyclic) bond motifs is 1. The van der Waals surface area contributed by atoms with Crippen molar-refractivity contribution in [2.75, 3.05) is 0 Å². The van der Waals surface area contributed by atoms with Crippen LogP contribution in [0.15, 0.2) is 24.3 Å². The van der Waals surface area contributed by atoms with Crippen molar-refractivity contribution in [2.45, 2.75) is 53.6 Å². The third-order valence-electron chi connectivity index (χ3n) is 3.55. The van der Waals surface area contributed by atoms with Gasteiger partial charge in [-0.2, -0.15) is 0 Å². The van der Waals surface area contributed by atoms with Crippen molar-refractivity contribution >= 4 is 16.9 Å². The summed E-state index contributed by atoms with van der Waals surface area (Å²) >= 11 is 0. The molecule has 0 unspecified atom stereocenters. The minimum absolute atomic E-state index is 0.0464. The number of para-hydroxylation sites is 2. The van der Waals surface area contributed by atoms with Gasteiger partial charge in [0.2, 0.25) is 5.91 Å². The van der Waals surface area contributed by atoms with E-state index < -0.39 is 5.41 Å². The molecule has 1 heterocycles. The number of hydrogen-bond acceptors (Lipinski definition) is 2. The van der Waals surface area contributed by atoms with E-state index in [2.05, 4.69) is 22.9 Å². The highest BCUT2D eigenvalue weighted by atomic mass is 16.2. The maximum atomic E-state index is 12.2. The van der Waals surface area contributed by atoms with E-state index in [-0.39, 0.29) is 11.9 Å². The molecule has 0 aliphatic carbocycles. The molecule has 1 aromatic heterocycles. The summed E-state index contributed by atoms with van der Waals surface area (Å²) in [5.41, 5.74) is 1.72. The van der Waals surface area contributed by atoms with Gasteiger partial charge in [-0.1, -0.05) is 39.8 Å². The van der Waals surface area contributed by atoms with E-state index in [1.165, 1.54) is 0 Å². The van der Waals surface area contributed by atoms with Crippen LogP contribution >= 0.6 is 0 Å². The minimum atomic E-state index is -0.393. The van der Waals surface area contributed by atoms with E-state index in [9.17, 15) is 4.79 Å². The van der Waals surface area contributed by atoms with Crippen LogP contribution in [0.1, 0.15) is 52.9 Å². The van der Waals surface area contributed by atoms with Crippen LogP contribution in [0.2, 0.25) is 0 Å². The topological polar surface area (TPSA) is 46.9 Å². The highest BCUT2D eigenvalue weighted by molar-refractivity contribution is 5.82. The number of aryl methyl sites for hydroxylation is 1. The lowest BCUT2D eigenvalue weighted by atomic mass is 9.95. The Kier molecular flexibility index (Phi) is 4.35. The Labute approximate surface area is 126 Å². The fraction of sp³-hybridized carbons (Fsp3) is 0.529. The molecule has 2 aromatic rings. The van der Waals surface area contributed by atoms with Gasteiger partial charge in [-0.25, -0.2) is 4.98 Å². The summed E-state index contributed by atoms with van der Waals surface area (Å²) in [6.45, 7) is 10.8. The number of carbonyl (C=O) groups is 1. The van der Waals surface area contributed by atoms with E-state index in [0.29, 0.717) is 0 Å². The van der Waals surface area contributed by atoms with Gasteiger partial charge in [-0.15, -0.1) is 0 Å². The Hall–Kier alpha value is -1.84. The first kappa shape index (κ1) is 15.5. The van der Waals surface area contributed by atoms with Gasteiger partial charge in [0.05, 0.1) is 17.1 Å². The highest BCUT2D eigenvalue weighted by Crippen LogP contribution is 2.22. The molecule has 4 heteroatoms. The quantitative estimate of drug-likeness (QED) is 0.932. The van der Waals surface area contributed by atoms with E-state index in [0.717, 1.165) is 29.8 Å².